The van der Waals surface area contributed by atoms with Crippen molar-refractivity contribution in [3.8, 4) is 11.3 Å². The zero-order valence-corrected chi connectivity index (χ0v) is 16.1. The molecule has 6 nitrogen and oxygen atoms in total. The topological polar surface area (TPSA) is 75.9 Å². The Hall–Kier alpha value is -2.93. The van der Waals surface area contributed by atoms with Crippen LogP contribution in [0.2, 0.25) is 0 Å². The molecular weight excluding hydrogens is 362 g/mol. The maximum Gasteiger partial charge on any atom is 0.338 e. The third-order valence-electron chi connectivity index (χ3n) is 3.53. The number of nitrogens with zero attached hydrogens (tertiary/aromatic N) is 1. The van der Waals surface area contributed by atoms with Crippen LogP contribution in [-0.2, 0) is 4.74 Å². The van der Waals surface area contributed by atoms with Crippen molar-refractivity contribution in [2.75, 3.05) is 13.2 Å². The average molecular weight is 385 g/mol. The van der Waals surface area contributed by atoms with E-state index < -0.39 is 0 Å². The second kappa shape index (κ2) is 10.9. The summed E-state index contributed by atoms with van der Waals surface area (Å²) in [4.78, 5) is 11.9. The van der Waals surface area contributed by atoms with E-state index in [9.17, 15) is 4.79 Å². The van der Waals surface area contributed by atoms with Crippen molar-refractivity contribution in [2.24, 2.45) is 5.10 Å². The van der Waals surface area contributed by atoms with Crippen molar-refractivity contribution in [2.45, 2.75) is 19.8 Å². The summed E-state index contributed by atoms with van der Waals surface area (Å²) in [5.41, 5.74) is 4.06. The summed E-state index contributed by atoms with van der Waals surface area (Å²) >= 11 is 5.03. The SMILES string of the molecule is C=CCNC(=S)NN=Cc1ccc(-c2ccc(C(=O)OCCCC)cc2)o1. The average Bonchev–Trinajstić information content (AvgIpc) is 3.15. The van der Waals surface area contributed by atoms with Crippen LogP contribution in [0.25, 0.3) is 11.3 Å². The maximum atomic E-state index is 11.9. The molecule has 2 aromatic rings. The lowest BCUT2D eigenvalue weighted by molar-refractivity contribution is 0.0500. The highest BCUT2D eigenvalue weighted by molar-refractivity contribution is 7.80. The fourth-order valence-corrected chi connectivity index (χ4v) is 2.24. The fraction of sp³-hybridized carbons (Fsp3) is 0.250. The summed E-state index contributed by atoms with van der Waals surface area (Å²) in [5, 5.41) is 7.31. The molecule has 142 valence electrons. The second-order valence-electron chi connectivity index (χ2n) is 5.64. The molecule has 0 bridgehead atoms. The largest absolute Gasteiger partial charge is 0.462 e. The first kappa shape index (κ1) is 20.4. The Morgan fingerprint density at radius 2 is 2.07 bits per heavy atom. The number of nitrogens with one attached hydrogen (secondary N) is 2. The van der Waals surface area contributed by atoms with Crippen LogP contribution in [0.1, 0.15) is 35.9 Å². The molecule has 0 saturated carbocycles. The summed E-state index contributed by atoms with van der Waals surface area (Å²) in [6.07, 6.45) is 5.09. The molecule has 0 radical (unpaired) electrons. The first-order chi connectivity index (χ1) is 13.1. The van der Waals surface area contributed by atoms with E-state index in [0.29, 0.717) is 35.3 Å². The smallest absolute Gasteiger partial charge is 0.338 e. The van der Waals surface area contributed by atoms with Crippen molar-refractivity contribution in [3.05, 3.63) is 60.4 Å². The molecule has 0 aliphatic rings. The highest BCUT2D eigenvalue weighted by Gasteiger charge is 2.09. The van der Waals surface area contributed by atoms with E-state index in [1.54, 1.807) is 24.3 Å². The Bertz CT molecular complexity index is 797. The molecular formula is C20H23N3O3S. The quantitative estimate of drug-likeness (QED) is 0.170. The molecule has 2 rings (SSSR count). The van der Waals surface area contributed by atoms with Gasteiger partial charge in [0.25, 0.3) is 0 Å². The molecule has 0 atom stereocenters. The van der Waals surface area contributed by atoms with Gasteiger partial charge in [-0.05, 0) is 42.9 Å². The molecule has 0 spiro atoms. The third-order valence-corrected chi connectivity index (χ3v) is 3.76. The summed E-state index contributed by atoms with van der Waals surface area (Å²) < 4.78 is 10.9. The molecule has 1 heterocycles. The van der Waals surface area contributed by atoms with Crippen molar-refractivity contribution in [1.82, 2.24) is 10.7 Å². The van der Waals surface area contributed by atoms with Gasteiger partial charge in [0.2, 0.25) is 0 Å². The highest BCUT2D eigenvalue weighted by atomic mass is 32.1. The standard InChI is InChI=1S/C20H23N3O3S/c1-3-5-13-25-19(24)16-8-6-15(7-9-16)18-11-10-17(26-18)14-22-23-20(27)21-12-4-2/h4,6-11,14H,2-3,5,12-13H2,1H3,(H2,21,23,27). The number of hydrogen-bond donors (Lipinski definition) is 2. The van der Waals surface area contributed by atoms with Gasteiger partial charge in [-0.2, -0.15) is 5.10 Å². The van der Waals surface area contributed by atoms with Gasteiger partial charge >= 0.3 is 5.97 Å². The molecule has 7 heteroatoms. The normalized spacial score (nSPS) is 10.6. The van der Waals surface area contributed by atoms with Gasteiger partial charge in [-0.1, -0.05) is 31.6 Å². The predicted molar refractivity (Wildman–Crippen MR) is 111 cm³/mol. The Kier molecular flexibility index (Phi) is 8.25. The summed E-state index contributed by atoms with van der Waals surface area (Å²) in [5.74, 6) is 0.941. The lowest BCUT2D eigenvalue weighted by atomic mass is 10.1. The zero-order valence-electron chi connectivity index (χ0n) is 15.2. The van der Waals surface area contributed by atoms with Crippen LogP contribution in [0.4, 0.5) is 0 Å². The lowest BCUT2D eigenvalue weighted by Crippen LogP contribution is -2.31. The van der Waals surface area contributed by atoms with Gasteiger partial charge in [0.15, 0.2) is 5.11 Å². The van der Waals surface area contributed by atoms with E-state index >= 15 is 0 Å². The number of furan rings is 1. The van der Waals surface area contributed by atoms with Gasteiger partial charge < -0.3 is 14.5 Å². The van der Waals surface area contributed by atoms with Crippen LogP contribution in [0, 0.1) is 0 Å². The lowest BCUT2D eigenvalue weighted by Gasteiger charge is -2.04. The molecule has 0 saturated heterocycles. The van der Waals surface area contributed by atoms with Crippen molar-refractivity contribution in [1.29, 1.82) is 0 Å². The molecule has 0 amide bonds. The Balaban J connectivity index is 1.92. The van der Waals surface area contributed by atoms with E-state index in [1.807, 2.05) is 18.2 Å². The van der Waals surface area contributed by atoms with Gasteiger partial charge in [0.05, 0.1) is 18.4 Å². The number of ether oxygens (including phenoxy) is 1. The number of carbonyl (C=O) groups excluding carboxylic acids is 1. The van der Waals surface area contributed by atoms with Crippen LogP contribution in [0.15, 0.2) is 58.6 Å². The van der Waals surface area contributed by atoms with Gasteiger partial charge in [0, 0.05) is 12.1 Å². The first-order valence-electron chi connectivity index (χ1n) is 8.69. The number of unbranched alkanes of at least 4 members (excludes halogenated alkanes) is 1. The first-order valence-corrected chi connectivity index (χ1v) is 9.10. The number of benzene rings is 1. The van der Waals surface area contributed by atoms with Gasteiger partial charge in [-0.3, -0.25) is 5.43 Å². The van der Waals surface area contributed by atoms with Crippen LogP contribution in [-0.4, -0.2) is 30.4 Å². The molecule has 1 aromatic carbocycles. The van der Waals surface area contributed by atoms with Crippen molar-refractivity contribution >= 4 is 29.5 Å². The Morgan fingerprint density at radius 1 is 1.30 bits per heavy atom. The molecule has 2 N–H and O–H groups in total. The van der Waals surface area contributed by atoms with Crippen LogP contribution in [0.5, 0.6) is 0 Å². The minimum absolute atomic E-state index is 0.311. The van der Waals surface area contributed by atoms with E-state index in [0.717, 1.165) is 18.4 Å². The minimum atomic E-state index is -0.311. The number of rotatable bonds is 9. The zero-order chi connectivity index (χ0) is 19.5. The van der Waals surface area contributed by atoms with E-state index in [4.69, 9.17) is 21.4 Å². The van der Waals surface area contributed by atoms with Crippen molar-refractivity contribution in [3.63, 3.8) is 0 Å². The maximum absolute atomic E-state index is 11.9. The molecule has 1 aromatic heterocycles. The van der Waals surface area contributed by atoms with E-state index in [1.165, 1.54) is 6.21 Å². The van der Waals surface area contributed by atoms with E-state index in [-0.39, 0.29) is 5.97 Å². The van der Waals surface area contributed by atoms with Gasteiger partial charge in [-0.25, -0.2) is 4.79 Å². The van der Waals surface area contributed by atoms with E-state index in [2.05, 4.69) is 29.3 Å². The minimum Gasteiger partial charge on any atom is -0.462 e. The number of esters is 1. The van der Waals surface area contributed by atoms with Gasteiger partial charge in [-0.15, -0.1) is 6.58 Å². The molecule has 0 unspecified atom stereocenters. The van der Waals surface area contributed by atoms with Crippen LogP contribution < -0.4 is 10.7 Å². The fourth-order valence-electron chi connectivity index (χ4n) is 2.10. The van der Waals surface area contributed by atoms with Crippen LogP contribution in [0.3, 0.4) is 0 Å². The second-order valence-corrected chi connectivity index (χ2v) is 6.05. The molecule has 0 aliphatic heterocycles. The summed E-state index contributed by atoms with van der Waals surface area (Å²) in [6.45, 7) is 6.65. The van der Waals surface area contributed by atoms with Gasteiger partial charge in [0.1, 0.15) is 11.5 Å². The Labute approximate surface area is 164 Å². The van der Waals surface area contributed by atoms with Crippen molar-refractivity contribution < 1.29 is 13.9 Å². The summed E-state index contributed by atoms with van der Waals surface area (Å²) in [6, 6.07) is 10.7. The number of hydrazone groups is 1. The Morgan fingerprint density at radius 3 is 2.78 bits per heavy atom. The molecule has 0 aliphatic carbocycles. The number of carbonyl (C=O) groups is 1. The molecule has 0 fully saturated rings. The van der Waals surface area contributed by atoms with Crippen LogP contribution >= 0.6 is 12.2 Å². The summed E-state index contributed by atoms with van der Waals surface area (Å²) in [7, 11) is 0. The number of thiocarbonyl (C=S) groups is 1. The monoisotopic (exact) mass is 385 g/mol. The number of hydrogen-bond acceptors (Lipinski definition) is 5. The third kappa shape index (κ3) is 6.71. The molecule has 27 heavy (non-hydrogen) atoms. The predicted octanol–water partition coefficient (Wildman–Crippen LogP) is 3.89. The highest BCUT2D eigenvalue weighted by Crippen LogP contribution is 2.22.